The molecular weight excluding hydrogens is 324 g/mol. The van der Waals surface area contributed by atoms with Gasteiger partial charge in [0.05, 0.1) is 18.7 Å². The molecule has 4 rings (SSSR count). The molecule has 1 atom stereocenters. The summed E-state index contributed by atoms with van der Waals surface area (Å²) in [6.07, 6.45) is 1.30. The van der Waals surface area contributed by atoms with E-state index in [9.17, 15) is 9.59 Å². The predicted octanol–water partition coefficient (Wildman–Crippen LogP) is 2.43. The largest absolute Gasteiger partial charge is 0.469 e. The molecule has 1 aromatic carbocycles. The number of carbonyl (C=O) groups excluding carboxylic acids is 2. The lowest BCUT2D eigenvalue weighted by atomic mass is 9.98. The molecule has 1 aliphatic heterocycles. The fourth-order valence-electron chi connectivity index (χ4n) is 3.33. The van der Waals surface area contributed by atoms with Crippen LogP contribution in [-0.4, -0.2) is 31.2 Å². The lowest BCUT2D eigenvalue weighted by Crippen LogP contribution is -2.17. The lowest BCUT2D eigenvalue weighted by molar-refractivity contribution is -0.145. The molecule has 1 amide bonds. The van der Waals surface area contributed by atoms with E-state index in [0.29, 0.717) is 12.8 Å². The maximum Gasteiger partial charge on any atom is 0.309 e. The van der Waals surface area contributed by atoms with E-state index in [0.717, 1.165) is 32.3 Å². The molecule has 24 heavy (non-hydrogen) atoms. The summed E-state index contributed by atoms with van der Waals surface area (Å²) in [5, 5.41) is 3.80. The minimum absolute atomic E-state index is 0.105. The summed E-state index contributed by atoms with van der Waals surface area (Å²) in [7, 11) is 1.42. The monoisotopic (exact) mass is 340 g/mol. The number of aliphatic imine (C=N–C) groups is 1. The van der Waals surface area contributed by atoms with Gasteiger partial charge in [0.1, 0.15) is 11.5 Å². The summed E-state index contributed by atoms with van der Waals surface area (Å²) in [6.45, 7) is 0.112. The zero-order valence-electron chi connectivity index (χ0n) is 13.2. The van der Waals surface area contributed by atoms with Crippen molar-refractivity contribution in [3.8, 4) is 0 Å². The first-order chi connectivity index (χ1) is 11.7. The van der Waals surface area contributed by atoms with E-state index in [2.05, 4.69) is 10.3 Å². The van der Waals surface area contributed by atoms with Crippen LogP contribution in [-0.2, 0) is 27.2 Å². The summed E-state index contributed by atoms with van der Waals surface area (Å²) < 4.78 is 4.90. The Morgan fingerprint density at radius 1 is 1.29 bits per heavy atom. The Morgan fingerprint density at radius 2 is 2.08 bits per heavy atom. The van der Waals surface area contributed by atoms with Crippen molar-refractivity contribution in [3.63, 3.8) is 0 Å². The Kier molecular flexibility index (Phi) is 3.69. The van der Waals surface area contributed by atoms with Crippen molar-refractivity contribution in [2.45, 2.75) is 12.8 Å². The number of methoxy groups -OCH3 is 1. The molecule has 0 fully saturated rings. The van der Waals surface area contributed by atoms with Crippen molar-refractivity contribution in [1.82, 2.24) is 0 Å². The Bertz CT molecular complexity index is 855. The SMILES string of the molecule is COC(=O)C1Cc2sc3c(c2C1)C(c1ccccc1)=NCC(=O)N3. The van der Waals surface area contributed by atoms with Gasteiger partial charge in [0.2, 0.25) is 5.91 Å². The lowest BCUT2D eigenvalue weighted by Gasteiger charge is -2.10. The molecule has 5 nitrogen and oxygen atoms in total. The highest BCUT2D eigenvalue weighted by molar-refractivity contribution is 7.17. The van der Waals surface area contributed by atoms with E-state index in [1.54, 1.807) is 11.3 Å². The summed E-state index contributed by atoms with van der Waals surface area (Å²) in [5.74, 6) is -0.424. The molecule has 2 aliphatic rings. The number of carbonyl (C=O) groups is 2. The van der Waals surface area contributed by atoms with E-state index in [-0.39, 0.29) is 24.3 Å². The molecule has 0 saturated carbocycles. The zero-order valence-corrected chi connectivity index (χ0v) is 14.0. The summed E-state index contributed by atoms with van der Waals surface area (Å²) in [5.41, 5.74) is 3.90. The second-order valence-corrected chi connectivity index (χ2v) is 7.02. The first-order valence-electron chi connectivity index (χ1n) is 7.80. The predicted molar refractivity (Wildman–Crippen MR) is 92.8 cm³/mol. The number of rotatable bonds is 2. The Morgan fingerprint density at radius 3 is 2.83 bits per heavy atom. The van der Waals surface area contributed by atoms with Crippen LogP contribution in [0.4, 0.5) is 5.00 Å². The van der Waals surface area contributed by atoms with Gasteiger partial charge in [-0.15, -0.1) is 11.3 Å². The van der Waals surface area contributed by atoms with Gasteiger partial charge in [0.15, 0.2) is 0 Å². The van der Waals surface area contributed by atoms with Crippen LogP contribution in [0, 0.1) is 5.92 Å². The summed E-state index contributed by atoms with van der Waals surface area (Å²) in [4.78, 5) is 29.6. The maximum absolute atomic E-state index is 12.0. The number of ether oxygens (including phenoxy) is 1. The van der Waals surface area contributed by atoms with Crippen molar-refractivity contribution in [3.05, 3.63) is 51.9 Å². The van der Waals surface area contributed by atoms with Gasteiger partial charge >= 0.3 is 5.97 Å². The third-order valence-corrected chi connectivity index (χ3v) is 5.60. The molecule has 1 aromatic heterocycles. The molecule has 1 N–H and O–H groups in total. The van der Waals surface area contributed by atoms with Gasteiger partial charge in [-0.1, -0.05) is 30.3 Å². The van der Waals surface area contributed by atoms with Crippen molar-refractivity contribution < 1.29 is 14.3 Å². The Hall–Kier alpha value is -2.47. The highest BCUT2D eigenvalue weighted by atomic mass is 32.1. The second kappa shape index (κ2) is 5.87. The Balaban J connectivity index is 1.82. The van der Waals surface area contributed by atoms with Crippen molar-refractivity contribution in [1.29, 1.82) is 0 Å². The number of thiophene rings is 1. The molecule has 0 bridgehead atoms. The fraction of sp³-hybridized carbons (Fsp3) is 0.278. The molecule has 1 aliphatic carbocycles. The third-order valence-electron chi connectivity index (χ3n) is 4.43. The number of anilines is 1. The van der Waals surface area contributed by atoms with Crippen LogP contribution >= 0.6 is 11.3 Å². The normalized spacial score (nSPS) is 19.0. The van der Waals surface area contributed by atoms with E-state index < -0.39 is 0 Å². The van der Waals surface area contributed by atoms with Crippen LogP contribution < -0.4 is 5.32 Å². The van der Waals surface area contributed by atoms with Crippen LogP contribution in [0.15, 0.2) is 35.3 Å². The van der Waals surface area contributed by atoms with Crippen molar-refractivity contribution >= 4 is 33.9 Å². The van der Waals surface area contributed by atoms with Gasteiger partial charge in [0, 0.05) is 16.0 Å². The number of hydrogen-bond acceptors (Lipinski definition) is 5. The number of amides is 1. The van der Waals surface area contributed by atoms with Crippen molar-refractivity contribution in [2.75, 3.05) is 19.0 Å². The standard InChI is InChI=1S/C18H16N2O3S/c1-23-18(22)11-7-12-13(8-11)24-17-15(12)16(19-9-14(21)20-17)10-5-3-2-4-6-10/h2-6,11H,7-9H2,1H3,(H,20,21). The van der Waals surface area contributed by atoms with E-state index in [1.165, 1.54) is 7.11 Å². The molecule has 0 radical (unpaired) electrons. The van der Waals surface area contributed by atoms with Crippen LogP contribution in [0.2, 0.25) is 0 Å². The van der Waals surface area contributed by atoms with E-state index in [1.807, 2.05) is 30.3 Å². The fourth-order valence-corrected chi connectivity index (χ4v) is 4.66. The average molecular weight is 340 g/mol. The van der Waals surface area contributed by atoms with Gasteiger partial charge < -0.3 is 10.1 Å². The van der Waals surface area contributed by atoms with Crippen LogP contribution in [0.1, 0.15) is 21.6 Å². The number of benzene rings is 1. The molecule has 2 aromatic rings. The van der Waals surface area contributed by atoms with Gasteiger partial charge in [-0.3, -0.25) is 14.6 Å². The molecule has 6 heteroatoms. The van der Waals surface area contributed by atoms with Crippen LogP contribution in [0.5, 0.6) is 0 Å². The number of fused-ring (bicyclic) bond motifs is 3. The van der Waals surface area contributed by atoms with Gasteiger partial charge in [-0.25, -0.2) is 0 Å². The highest BCUT2D eigenvalue weighted by Gasteiger charge is 2.35. The third kappa shape index (κ3) is 2.43. The number of nitrogens with zero attached hydrogens (tertiary/aromatic N) is 1. The second-order valence-electron chi connectivity index (χ2n) is 5.92. The van der Waals surface area contributed by atoms with Gasteiger partial charge in [0.25, 0.3) is 0 Å². The molecule has 0 spiro atoms. The van der Waals surface area contributed by atoms with E-state index in [4.69, 9.17) is 4.74 Å². The first kappa shape index (κ1) is 15.1. The number of hydrogen-bond donors (Lipinski definition) is 1. The number of esters is 1. The van der Waals surface area contributed by atoms with Gasteiger partial charge in [-0.2, -0.15) is 0 Å². The molecule has 0 saturated heterocycles. The van der Waals surface area contributed by atoms with E-state index >= 15 is 0 Å². The van der Waals surface area contributed by atoms with Crippen LogP contribution in [0.3, 0.4) is 0 Å². The van der Waals surface area contributed by atoms with Crippen LogP contribution in [0.25, 0.3) is 0 Å². The maximum atomic E-state index is 12.0. The average Bonchev–Trinajstić information content (AvgIpc) is 3.09. The van der Waals surface area contributed by atoms with Gasteiger partial charge in [-0.05, 0) is 18.4 Å². The Labute approximate surface area is 143 Å². The molecular formula is C18H16N2O3S. The minimum Gasteiger partial charge on any atom is -0.469 e. The topological polar surface area (TPSA) is 67.8 Å². The molecule has 2 heterocycles. The smallest absolute Gasteiger partial charge is 0.309 e. The minimum atomic E-state index is -0.178. The quantitative estimate of drug-likeness (QED) is 0.854. The van der Waals surface area contributed by atoms with Crippen molar-refractivity contribution in [2.24, 2.45) is 10.9 Å². The summed E-state index contributed by atoms with van der Waals surface area (Å²) >= 11 is 1.55. The molecule has 1 unspecified atom stereocenters. The zero-order chi connectivity index (χ0) is 16.7. The summed E-state index contributed by atoms with van der Waals surface area (Å²) in [6, 6.07) is 9.86. The highest BCUT2D eigenvalue weighted by Crippen LogP contribution is 2.43. The first-order valence-corrected chi connectivity index (χ1v) is 8.61. The number of nitrogens with one attached hydrogen (secondary N) is 1. The molecule has 122 valence electrons.